The summed E-state index contributed by atoms with van der Waals surface area (Å²) in [7, 11) is 1.67. The number of hydrogen-bond acceptors (Lipinski definition) is 3. The lowest BCUT2D eigenvalue weighted by atomic mass is 9.77. The quantitative estimate of drug-likeness (QED) is 0.923. The van der Waals surface area contributed by atoms with Crippen molar-refractivity contribution in [2.24, 2.45) is 7.05 Å². The zero-order chi connectivity index (χ0) is 15.7. The molecule has 22 heavy (non-hydrogen) atoms. The van der Waals surface area contributed by atoms with E-state index in [4.69, 9.17) is 4.74 Å². The zero-order valence-corrected chi connectivity index (χ0v) is 12.6. The smallest absolute Gasteiger partial charge is 0.252 e. The Morgan fingerprint density at radius 3 is 2.86 bits per heavy atom. The minimum absolute atomic E-state index is 0.128. The van der Waals surface area contributed by atoms with E-state index in [0.717, 1.165) is 11.3 Å². The van der Waals surface area contributed by atoms with Crippen molar-refractivity contribution in [3.8, 4) is 5.75 Å². The maximum absolute atomic E-state index is 12.8. The lowest BCUT2D eigenvalue weighted by Crippen LogP contribution is -2.41. The van der Waals surface area contributed by atoms with Gasteiger partial charge < -0.3 is 14.6 Å². The summed E-state index contributed by atoms with van der Waals surface area (Å²) in [5.74, 6) is 0.617. The van der Waals surface area contributed by atoms with Crippen LogP contribution in [0.25, 0.3) is 0 Å². The first kappa shape index (κ1) is 14.4. The standard InChI is InChI=1S/C17H18N2O3/c1-17(8-10-22-14-6-4-3-5-13(14)17)16(21)18-12-7-9-19(2)15(20)11-12/h3-7,9,11H,8,10H2,1-2H3,(H,18,21). The van der Waals surface area contributed by atoms with E-state index in [1.165, 1.54) is 10.6 Å². The Bertz CT molecular complexity index is 781. The van der Waals surface area contributed by atoms with Crippen LogP contribution in [-0.4, -0.2) is 17.1 Å². The number of rotatable bonds is 2. The van der Waals surface area contributed by atoms with Gasteiger partial charge in [0.2, 0.25) is 5.91 Å². The monoisotopic (exact) mass is 298 g/mol. The number of aryl methyl sites for hydroxylation is 1. The first-order chi connectivity index (χ1) is 10.5. The molecule has 1 amide bonds. The topological polar surface area (TPSA) is 60.3 Å². The number of aromatic nitrogens is 1. The van der Waals surface area contributed by atoms with Crippen molar-refractivity contribution in [1.29, 1.82) is 0 Å². The Kier molecular flexibility index (Phi) is 3.48. The number of hydrogen-bond donors (Lipinski definition) is 1. The van der Waals surface area contributed by atoms with Gasteiger partial charge in [-0.05, 0) is 25.5 Å². The molecule has 1 aliphatic heterocycles. The van der Waals surface area contributed by atoms with E-state index in [9.17, 15) is 9.59 Å². The first-order valence-electron chi connectivity index (χ1n) is 7.21. The number of para-hydroxylation sites is 1. The van der Waals surface area contributed by atoms with Crippen molar-refractivity contribution in [2.45, 2.75) is 18.8 Å². The van der Waals surface area contributed by atoms with Crippen molar-refractivity contribution in [3.05, 3.63) is 58.5 Å². The van der Waals surface area contributed by atoms with Gasteiger partial charge in [0.05, 0.1) is 12.0 Å². The van der Waals surface area contributed by atoms with Gasteiger partial charge in [-0.1, -0.05) is 18.2 Å². The molecule has 2 aromatic rings. The minimum Gasteiger partial charge on any atom is -0.493 e. The van der Waals surface area contributed by atoms with Crippen molar-refractivity contribution < 1.29 is 9.53 Å². The third-order valence-electron chi connectivity index (χ3n) is 4.20. The molecule has 0 spiro atoms. The number of amides is 1. The molecule has 1 atom stereocenters. The summed E-state index contributed by atoms with van der Waals surface area (Å²) >= 11 is 0. The molecular weight excluding hydrogens is 280 g/mol. The summed E-state index contributed by atoms with van der Waals surface area (Å²) in [4.78, 5) is 24.4. The fourth-order valence-corrected chi connectivity index (χ4v) is 2.68. The highest BCUT2D eigenvalue weighted by Crippen LogP contribution is 2.39. The second-order valence-electron chi connectivity index (χ2n) is 5.75. The normalized spacial score (nSPS) is 19.9. The second-order valence-corrected chi connectivity index (χ2v) is 5.75. The van der Waals surface area contributed by atoms with Crippen LogP contribution in [0.3, 0.4) is 0 Å². The van der Waals surface area contributed by atoms with Crippen LogP contribution in [0.5, 0.6) is 5.75 Å². The summed E-state index contributed by atoms with van der Waals surface area (Å²) in [6.07, 6.45) is 2.24. The second kappa shape index (κ2) is 5.33. The number of benzene rings is 1. The maximum Gasteiger partial charge on any atom is 0.252 e. The van der Waals surface area contributed by atoms with Crippen molar-refractivity contribution >= 4 is 11.6 Å². The third-order valence-corrected chi connectivity index (χ3v) is 4.20. The largest absolute Gasteiger partial charge is 0.493 e. The Balaban J connectivity index is 1.92. The number of carbonyl (C=O) groups is 1. The van der Waals surface area contributed by atoms with Crippen LogP contribution in [-0.2, 0) is 17.3 Å². The third kappa shape index (κ3) is 2.39. The Hall–Kier alpha value is -2.56. The highest BCUT2D eigenvalue weighted by atomic mass is 16.5. The fraction of sp³-hybridized carbons (Fsp3) is 0.294. The van der Waals surface area contributed by atoms with Crippen LogP contribution in [0.4, 0.5) is 5.69 Å². The molecule has 0 saturated carbocycles. The average Bonchev–Trinajstić information content (AvgIpc) is 2.51. The molecule has 1 aromatic carbocycles. The zero-order valence-electron chi connectivity index (χ0n) is 12.6. The molecule has 0 saturated heterocycles. The molecule has 2 heterocycles. The van der Waals surface area contributed by atoms with Crippen LogP contribution in [0, 0.1) is 0 Å². The van der Waals surface area contributed by atoms with Gasteiger partial charge >= 0.3 is 0 Å². The van der Waals surface area contributed by atoms with Crippen LogP contribution in [0.2, 0.25) is 0 Å². The summed E-state index contributed by atoms with van der Waals surface area (Å²) in [5, 5.41) is 2.85. The molecule has 0 aliphatic carbocycles. The molecule has 3 rings (SSSR count). The summed E-state index contributed by atoms with van der Waals surface area (Å²) in [6.45, 7) is 2.40. The Labute approximate surface area is 128 Å². The Morgan fingerprint density at radius 1 is 1.32 bits per heavy atom. The number of anilines is 1. The highest BCUT2D eigenvalue weighted by molar-refractivity contribution is 5.99. The van der Waals surface area contributed by atoms with Gasteiger partial charge in [0.25, 0.3) is 5.56 Å². The van der Waals surface area contributed by atoms with Crippen molar-refractivity contribution in [2.75, 3.05) is 11.9 Å². The lowest BCUT2D eigenvalue weighted by molar-refractivity contribution is -0.122. The SMILES string of the molecule is Cn1ccc(NC(=O)C2(C)CCOc3ccccc32)cc1=O. The number of ether oxygens (including phenoxy) is 1. The van der Waals surface area contributed by atoms with Crippen molar-refractivity contribution in [3.63, 3.8) is 0 Å². The molecule has 1 N–H and O–H groups in total. The maximum atomic E-state index is 12.8. The molecule has 0 radical (unpaired) electrons. The number of nitrogens with zero attached hydrogens (tertiary/aromatic N) is 1. The molecular formula is C17H18N2O3. The van der Waals surface area contributed by atoms with Gasteiger partial charge in [0.1, 0.15) is 5.75 Å². The number of carbonyl (C=O) groups excluding carboxylic acids is 1. The van der Waals surface area contributed by atoms with Gasteiger partial charge in [-0.15, -0.1) is 0 Å². The summed E-state index contributed by atoms with van der Waals surface area (Å²) in [5.41, 5.74) is 0.562. The fourth-order valence-electron chi connectivity index (χ4n) is 2.68. The molecule has 1 unspecified atom stereocenters. The van der Waals surface area contributed by atoms with Gasteiger partial charge in [-0.25, -0.2) is 0 Å². The first-order valence-corrected chi connectivity index (χ1v) is 7.21. The van der Waals surface area contributed by atoms with Gasteiger partial charge in [0, 0.05) is 30.6 Å². The van der Waals surface area contributed by atoms with E-state index in [0.29, 0.717) is 18.7 Å². The van der Waals surface area contributed by atoms with Crippen LogP contribution < -0.4 is 15.6 Å². The van der Waals surface area contributed by atoms with E-state index in [1.54, 1.807) is 19.3 Å². The van der Waals surface area contributed by atoms with E-state index < -0.39 is 5.41 Å². The van der Waals surface area contributed by atoms with Gasteiger partial charge in [-0.3, -0.25) is 9.59 Å². The predicted octanol–water partition coefficient (Wildman–Crippen LogP) is 2.06. The van der Waals surface area contributed by atoms with Crippen LogP contribution >= 0.6 is 0 Å². The van der Waals surface area contributed by atoms with Gasteiger partial charge in [-0.2, -0.15) is 0 Å². The number of nitrogens with one attached hydrogen (secondary N) is 1. The molecule has 0 fully saturated rings. The molecule has 114 valence electrons. The van der Waals surface area contributed by atoms with E-state index >= 15 is 0 Å². The molecule has 5 heteroatoms. The highest BCUT2D eigenvalue weighted by Gasteiger charge is 2.40. The average molecular weight is 298 g/mol. The molecule has 1 aliphatic rings. The number of pyridine rings is 1. The summed E-state index contributed by atoms with van der Waals surface area (Å²) in [6, 6.07) is 10.7. The van der Waals surface area contributed by atoms with E-state index in [2.05, 4.69) is 5.32 Å². The molecule has 5 nitrogen and oxygen atoms in total. The lowest BCUT2D eigenvalue weighted by Gasteiger charge is -2.34. The van der Waals surface area contributed by atoms with E-state index in [1.807, 2.05) is 31.2 Å². The number of fused-ring (bicyclic) bond motifs is 1. The summed E-state index contributed by atoms with van der Waals surface area (Å²) < 4.78 is 7.08. The minimum atomic E-state index is -0.671. The van der Waals surface area contributed by atoms with Crippen LogP contribution in [0.15, 0.2) is 47.4 Å². The van der Waals surface area contributed by atoms with Gasteiger partial charge in [0.15, 0.2) is 0 Å². The van der Waals surface area contributed by atoms with Crippen LogP contribution in [0.1, 0.15) is 18.9 Å². The molecule has 0 bridgehead atoms. The van der Waals surface area contributed by atoms with E-state index in [-0.39, 0.29) is 11.5 Å². The predicted molar refractivity (Wildman–Crippen MR) is 84.2 cm³/mol. The Morgan fingerprint density at radius 2 is 2.09 bits per heavy atom. The molecule has 1 aromatic heterocycles. The van der Waals surface area contributed by atoms with Crippen molar-refractivity contribution in [1.82, 2.24) is 4.57 Å².